The van der Waals surface area contributed by atoms with Gasteiger partial charge in [0.15, 0.2) is 0 Å². The molecule has 1 heterocycles. The number of hydrogen-bond donors (Lipinski definition) is 0. The molecule has 1 aliphatic carbocycles. The molecule has 2 aromatic rings. The Morgan fingerprint density at radius 2 is 1.76 bits per heavy atom. The summed E-state index contributed by atoms with van der Waals surface area (Å²) in [7, 11) is -0.986. The molecule has 0 amide bonds. The van der Waals surface area contributed by atoms with Crippen LogP contribution in [0.15, 0.2) is 71.1 Å². The lowest BCUT2D eigenvalue weighted by molar-refractivity contribution is 0.300. The standard InChI is InChI=1S/C26H32O2S/c1-2-3-10-18-26-22(19-21-12-6-4-7-13-21)20-24(16-11-17-25(26)28-26)29(27)23-14-8-5-9-15-23/h4-9,12-15,19,24-25H,2-3,10-11,16-18,20H2,1H3/b22-19+/t24-,25-,26+,29?/m0/s1. The van der Waals surface area contributed by atoms with E-state index in [9.17, 15) is 4.21 Å². The SMILES string of the molecule is CCCCC[C@]12O[C@H]1CCC[C@H](S(=O)c1ccccc1)C/C2=C\c1ccccc1. The van der Waals surface area contributed by atoms with Crippen molar-refractivity contribution in [2.45, 2.75) is 80.1 Å². The lowest BCUT2D eigenvalue weighted by atomic mass is 9.82. The van der Waals surface area contributed by atoms with Crippen LogP contribution in [0.5, 0.6) is 0 Å². The predicted molar refractivity (Wildman–Crippen MR) is 121 cm³/mol. The summed E-state index contributed by atoms with van der Waals surface area (Å²) in [4.78, 5) is 0.949. The summed E-state index contributed by atoms with van der Waals surface area (Å²) < 4.78 is 19.8. The number of epoxide rings is 1. The van der Waals surface area contributed by atoms with Crippen LogP contribution in [0.3, 0.4) is 0 Å². The van der Waals surface area contributed by atoms with E-state index >= 15 is 0 Å². The van der Waals surface area contributed by atoms with Crippen LogP contribution in [0.1, 0.15) is 63.9 Å². The molecule has 2 fully saturated rings. The summed E-state index contributed by atoms with van der Waals surface area (Å²) in [6.45, 7) is 2.25. The largest absolute Gasteiger partial charge is 0.361 e. The average molecular weight is 409 g/mol. The van der Waals surface area contributed by atoms with Crippen LogP contribution in [-0.2, 0) is 15.5 Å². The Morgan fingerprint density at radius 1 is 1.03 bits per heavy atom. The molecule has 0 N–H and O–H groups in total. The summed E-state index contributed by atoms with van der Waals surface area (Å²) in [5.41, 5.74) is 2.46. The molecule has 2 nitrogen and oxygen atoms in total. The number of fused-ring (bicyclic) bond motifs is 1. The summed E-state index contributed by atoms with van der Waals surface area (Å²) >= 11 is 0. The fourth-order valence-corrected chi connectivity index (χ4v) is 6.25. The van der Waals surface area contributed by atoms with Crippen molar-refractivity contribution in [2.24, 2.45) is 0 Å². The third-order valence-electron chi connectivity index (χ3n) is 6.37. The molecule has 3 heteroatoms. The van der Waals surface area contributed by atoms with E-state index in [0.717, 1.165) is 37.0 Å². The number of ether oxygens (including phenoxy) is 1. The Bertz CT molecular complexity index is 846. The van der Waals surface area contributed by atoms with Crippen LogP contribution in [0.4, 0.5) is 0 Å². The smallest absolute Gasteiger partial charge is 0.116 e. The minimum absolute atomic E-state index is 0.120. The molecule has 2 aliphatic rings. The van der Waals surface area contributed by atoms with E-state index < -0.39 is 10.8 Å². The maximum absolute atomic E-state index is 13.4. The maximum Gasteiger partial charge on any atom is 0.116 e. The summed E-state index contributed by atoms with van der Waals surface area (Å²) in [5, 5.41) is 0.153. The van der Waals surface area contributed by atoms with Gasteiger partial charge < -0.3 is 4.74 Å². The first-order chi connectivity index (χ1) is 14.2. The van der Waals surface area contributed by atoms with Crippen LogP contribution in [0.25, 0.3) is 6.08 Å². The fourth-order valence-electron chi connectivity index (χ4n) is 4.72. The minimum atomic E-state index is -0.986. The summed E-state index contributed by atoms with van der Waals surface area (Å²) in [6, 6.07) is 20.5. The Balaban J connectivity index is 1.64. The van der Waals surface area contributed by atoms with Crippen molar-refractivity contribution in [3.8, 4) is 0 Å². The lowest BCUT2D eigenvalue weighted by Gasteiger charge is -2.25. The number of hydrogen-bond acceptors (Lipinski definition) is 2. The molecule has 4 rings (SSSR count). The molecular formula is C26H32O2S. The van der Waals surface area contributed by atoms with Crippen LogP contribution < -0.4 is 0 Å². The zero-order chi connectivity index (χ0) is 20.1. The van der Waals surface area contributed by atoms with Crippen LogP contribution in [0.2, 0.25) is 0 Å². The molecular weight excluding hydrogens is 376 g/mol. The van der Waals surface area contributed by atoms with Crippen LogP contribution in [0, 0.1) is 0 Å². The van der Waals surface area contributed by atoms with Gasteiger partial charge in [-0.25, -0.2) is 0 Å². The van der Waals surface area contributed by atoms with Gasteiger partial charge in [0, 0.05) is 10.1 Å². The second kappa shape index (κ2) is 9.40. The molecule has 1 unspecified atom stereocenters. The van der Waals surface area contributed by atoms with Crippen LogP contribution in [-0.4, -0.2) is 21.2 Å². The van der Waals surface area contributed by atoms with Gasteiger partial charge in [-0.3, -0.25) is 4.21 Å². The predicted octanol–water partition coefficient (Wildman–Crippen LogP) is 6.54. The molecule has 1 aliphatic heterocycles. The van der Waals surface area contributed by atoms with Crippen molar-refractivity contribution in [2.75, 3.05) is 0 Å². The number of benzene rings is 2. The lowest BCUT2D eigenvalue weighted by Crippen LogP contribution is -2.27. The molecule has 29 heavy (non-hydrogen) atoms. The summed E-state index contributed by atoms with van der Waals surface area (Å²) in [5.74, 6) is 0. The molecule has 4 atom stereocenters. The van der Waals surface area contributed by atoms with E-state index in [1.807, 2.05) is 30.3 Å². The second-order valence-electron chi connectivity index (χ2n) is 8.40. The van der Waals surface area contributed by atoms with Crippen molar-refractivity contribution in [1.29, 1.82) is 0 Å². The van der Waals surface area contributed by atoms with E-state index in [2.05, 4.69) is 43.3 Å². The molecule has 0 aromatic heterocycles. The highest BCUT2D eigenvalue weighted by Crippen LogP contribution is 2.53. The van der Waals surface area contributed by atoms with Crippen molar-refractivity contribution >= 4 is 16.9 Å². The zero-order valence-corrected chi connectivity index (χ0v) is 18.2. The third-order valence-corrected chi connectivity index (χ3v) is 8.11. The zero-order valence-electron chi connectivity index (χ0n) is 17.4. The van der Waals surface area contributed by atoms with E-state index in [4.69, 9.17) is 4.74 Å². The van der Waals surface area contributed by atoms with Crippen molar-refractivity contribution in [3.05, 3.63) is 71.8 Å². The van der Waals surface area contributed by atoms with E-state index in [1.54, 1.807) is 0 Å². The Kier molecular flexibility index (Phi) is 6.67. The van der Waals surface area contributed by atoms with Crippen molar-refractivity contribution in [1.82, 2.24) is 0 Å². The van der Waals surface area contributed by atoms with Gasteiger partial charge in [0.1, 0.15) is 5.60 Å². The Hall–Kier alpha value is -1.71. The Labute approximate surface area is 177 Å². The van der Waals surface area contributed by atoms with Gasteiger partial charge >= 0.3 is 0 Å². The van der Waals surface area contributed by atoms with Gasteiger partial charge in [-0.1, -0.05) is 80.8 Å². The third kappa shape index (κ3) is 4.73. The number of rotatable bonds is 7. The first-order valence-corrected chi connectivity index (χ1v) is 12.3. The molecule has 1 saturated heterocycles. The van der Waals surface area contributed by atoms with Gasteiger partial charge in [-0.15, -0.1) is 0 Å². The average Bonchev–Trinajstić information content (AvgIpc) is 3.45. The van der Waals surface area contributed by atoms with Gasteiger partial charge in [0.2, 0.25) is 0 Å². The first kappa shape index (κ1) is 20.6. The molecule has 154 valence electrons. The second-order valence-corrected chi connectivity index (χ2v) is 10.1. The minimum Gasteiger partial charge on any atom is -0.361 e. The normalized spacial score (nSPS) is 28.9. The Morgan fingerprint density at radius 3 is 2.48 bits per heavy atom. The highest BCUT2D eigenvalue weighted by Gasteiger charge is 2.58. The van der Waals surface area contributed by atoms with E-state index in [0.29, 0.717) is 6.10 Å². The first-order valence-electron chi connectivity index (χ1n) is 11.1. The van der Waals surface area contributed by atoms with E-state index in [-0.39, 0.29) is 10.9 Å². The fraction of sp³-hybridized carbons (Fsp3) is 0.462. The molecule has 1 saturated carbocycles. The van der Waals surface area contributed by atoms with Crippen molar-refractivity contribution < 1.29 is 8.95 Å². The maximum atomic E-state index is 13.4. The highest BCUT2D eigenvalue weighted by atomic mass is 32.2. The van der Waals surface area contributed by atoms with Crippen molar-refractivity contribution in [3.63, 3.8) is 0 Å². The van der Waals surface area contributed by atoms with E-state index in [1.165, 1.54) is 30.4 Å². The topological polar surface area (TPSA) is 29.6 Å². The van der Waals surface area contributed by atoms with Gasteiger partial charge in [0.05, 0.1) is 16.9 Å². The summed E-state index contributed by atoms with van der Waals surface area (Å²) in [6.07, 6.45) is 11.5. The molecule has 0 spiro atoms. The van der Waals surface area contributed by atoms with Gasteiger partial charge in [0.25, 0.3) is 0 Å². The number of unbranched alkanes of at least 4 members (excludes halogenated alkanes) is 2. The van der Waals surface area contributed by atoms with Gasteiger partial charge in [-0.05, 0) is 55.4 Å². The molecule has 0 radical (unpaired) electrons. The van der Waals surface area contributed by atoms with Crippen LogP contribution >= 0.6 is 0 Å². The molecule has 2 aromatic carbocycles. The monoisotopic (exact) mass is 408 g/mol. The quantitative estimate of drug-likeness (QED) is 0.384. The van der Waals surface area contributed by atoms with Gasteiger partial charge in [-0.2, -0.15) is 0 Å². The molecule has 0 bridgehead atoms. The highest BCUT2D eigenvalue weighted by molar-refractivity contribution is 7.85.